The Balaban J connectivity index is 1.58. The van der Waals surface area contributed by atoms with Gasteiger partial charge in [0.2, 0.25) is 23.6 Å². The van der Waals surface area contributed by atoms with Crippen LogP contribution in [0.5, 0.6) is 0 Å². The summed E-state index contributed by atoms with van der Waals surface area (Å²) in [6.45, 7) is 2.63. The van der Waals surface area contributed by atoms with Crippen LogP contribution in [0.15, 0.2) is 66.9 Å². The molecule has 1 spiro atoms. The van der Waals surface area contributed by atoms with Gasteiger partial charge in [-0.05, 0) is 66.8 Å². The molecule has 0 saturated heterocycles. The number of nitrogens with zero attached hydrogens (tertiary/aromatic N) is 1. The van der Waals surface area contributed by atoms with Gasteiger partial charge in [-0.1, -0.05) is 67.3 Å². The number of carboxylic acid groups (broad SMARTS) is 1. The molecule has 2 aliphatic rings. The van der Waals surface area contributed by atoms with Crippen LogP contribution in [0.3, 0.4) is 0 Å². The van der Waals surface area contributed by atoms with Crippen LogP contribution in [0, 0.1) is 18.8 Å². The Hall–Kier alpha value is -4.78. The largest absolute Gasteiger partial charge is 0.481 e. The van der Waals surface area contributed by atoms with Crippen molar-refractivity contribution in [3.63, 3.8) is 0 Å². The van der Waals surface area contributed by atoms with Gasteiger partial charge in [-0.2, -0.15) is 0 Å². The minimum atomic E-state index is -4.36. The Kier molecular flexibility index (Phi) is 12.6. The Morgan fingerprint density at radius 1 is 0.981 bits per heavy atom. The Morgan fingerprint density at radius 3 is 2.36 bits per heavy atom. The highest BCUT2D eigenvalue weighted by Gasteiger charge is 2.45. The molecule has 0 bridgehead atoms. The number of hydrogen-bond donors (Lipinski definition) is 7. The molecule has 5 rings (SSSR count). The molecular weight excluding hydrogens is 701 g/mol. The first-order chi connectivity index (χ1) is 25.1. The van der Waals surface area contributed by atoms with Crippen molar-refractivity contribution in [2.45, 2.75) is 88.5 Å². The maximum Gasteiger partial charge on any atom is 0.329 e. The third-order valence-corrected chi connectivity index (χ3v) is 11.0. The summed E-state index contributed by atoms with van der Waals surface area (Å²) in [4.78, 5) is 85.5. The second kappa shape index (κ2) is 16.9. The van der Waals surface area contributed by atoms with Crippen LogP contribution in [0.2, 0.25) is 0 Å². The molecule has 8 N–H and O–H groups in total. The van der Waals surface area contributed by atoms with E-state index in [0.29, 0.717) is 36.9 Å². The van der Waals surface area contributed by atoms with Gasteiger partial charge in [0.15, 0.2) is 0 Å². The predicted octanol–water partition coefficient (Wildman–Crippen LogP) is 3.37. The average molecular weight is 750 g/mol. The highest BCUT2D eigenvalue weighted by Crippen LogP contribution is 2.40. The summed E-state index contributed by atoms with van der Waals surface area (Å²) in [6.07, 6.45) is 6.88. The van der Waals surface area contributed by atoms with Crippen LogP contribution >= 0.6 is 7.60 Å². The number of primary amides is 1. The number of carbonyl (C=O) groups is 5. The monoisotopic (exact) mass is 749 g/mol. The van der Waals surface area contributed by atoms with Crippen LogP contribution in [0.25, 0.3) is 10.9 Å². The van der Waals surface area contributed by atoms with Crippen LogP contribution < -0.4 is 21.7 Å². The molecule has 1 fully saturated rings. The van der Waals surface area contributed by atoms with Gasteiger partial charge in [-0.25, -0.2) is 0 Å². The fraction of sp³-hybridized carbons (Fsp3) is 0.447. The number of aromatic nitrogens is 1. The van der Waals surface area contributed by atoms with Gasteiger partial charge in [-0.15, -0.1) is 0 Å². The Bertz CT molecular complexity index is 1910. The third kappa shape index (κ3) is 10.4. The number of fused-ring (bicyclic) bond motifs is 1. The van der Waals surface area contributed by atoms with Crippen molar-refractivity contribution in [3.05, 3.63) is 83.6 Å². The van der Waals surface area contributed by atoms with E-state index in [0.717, 1.165) is 22.9 Å². The molecule has 4 atom stereocenters. The molecule has 0 radical (unpaired) electrons. The summed E-state index contributed by atoms with van der Waals surface area (Å²) in [5.41, 5.74) is 7.06. The minimum absolute atomic E-state index is 0.155. The quantitative estimate of drug-likeness (QED) is 0.125. The maximum atomic E-state index is 14.3. The first-order valence-electron chi connectivity index (χ1n) is 17.9. The number of allylic oxidation sites excluding steroid dienone is 2. The number of nitrogens with one attached hydrogen (secondary N) is 3. The molecule has 2 heterocycles. The third-order valence-electron chi connectivity index (χ3n) is 10.2. The summed E-state index contributed by atoms with van der Waals surface area (Å²) in [5.74, 6) is -6.18. The first-order valence-corrected chi connectivity index (χ1v) is 19.7. The van der Waals surface area contributed by atoms with Crippen molar-refractivity contribution in [3.8, 4) is 0 Å². The molecule has 2 aromatic carbocycles. The van der Waals surface area contributed by atoms with E-state index in [9.17, 15) is 43.4 Å². The molecule has 1 aromatic heterocycles. The van der Waals surface area contributed by atoms with E-state index < -0.39 is 79.6 Å². The molecule has 1 aliphatic carbocycles. The van der Waals surface area contributed by atoms with Crippen molar-refractivity contribution >= 4 is 48.1 Å². The lowest BCUT2D eigenvalue weighted by Gasteiger charge is -2.39. The number of nitrogens with two attached hydrogens (primary N) is 1. The van der Waals surface area contributed by atoms with E-state index in [1.807, 2.05) is 37.4 Å². The Labute approximate surface area is 307 Å². The second-order valence-corrected chi connectivity index (χ2v) is 16.1. The summed E-state index contributed by atoms with van der Waals surface area (Å²) < 4.78 is 13.7. The number of aryl methyl sites for hydroxylation is 1. The van der Waals surface area contributed by atoms with Gasteiger partial charge in [0.25, 0.3) is 0 Å². The van der Waals surface area contributed by atoms with E-state index in [1.165, 1.54) is 0 Å². The van der Waals surface area contributed by atoms with Gasteiger partial charge < -0.3 is 41.1 Å². The SMILES string of the molecule is Cc1ccc2c(ccn2C[C@@H]2CC=C[C@H](c3ccc(CP(=O)(O)O)cc3)[C@H](CC(=O)O)C(=O)NC3(CCCCC3)C(=O)N[C@@H](CC(N)=O)C(=O)NC2)c1. The molecular formula is C38H48N5O9P. The van der Waals surface area contributed by atoms with Crippen molar-refractivity contribution in [2.75, 3.05) is 6.54 Å². The van der Waals surface area contributed by atoms with Crippen molar-refractivity contribution in [2.24, 2.45) is 17.6 Å². The highest BCUT2D eigenvalue weighted by molar-refractivity contribution is 7.50. The zero-order valence-electron chi connectivity index (χ0n) is 29.7. The fourth-order valence-electron chi connectivity index (χ4n) is 7.50. The van der Waals surface area contributed by atoms with Gasteiger partial charge in [0.1, 0.15) is 11.6 Å². The smallest absolute Gasteiger partial charge is 0.329 e. The summed E-state index contributed by atoms with van der Waals surface area (Å²) >= 11 is 0. The first kappa shape index (κ1) is 39.4. The van der Waals surface area contributed by atoms with E-state index in [-0.39, 0.29) is 25.3 Å². The molecule has 3 aromatic rings. The molecule has 284 valence electrons. The number of benzene rings is 2. The lowest BCUT2D eigenvalue weighted by Crippen LogP contribution is -2.64. The summed E-state index contributed by atoms with van der Waals surface area (Å²) in [7, 11) is -4.36. The number of aliphatic carboxylic acids is 1. The molecule has 14 nitrogen and oxygen atoms in total. The molecule has 53 heavy (non-hydrogen) atoms. The molecule has 1 aliphatic heterocycles. The lowest BCUT2D eigenvalue weighted by atomic mass is 9.78. The maximum absolute atomic E-state index is 14.3. The molecule has 1 saturated carbocycles. The molecule has 4 amide bonds. The normalized spacial score (nSPS) is 23.0. The van der Waals surface area contributed by atoms with Gasteiger partial charge in [-0.3, -0.25) is 28.5 Å². The zero-order valence-corrected chi connectivity index (χ0v) is 30.6. The second-order valence-electron chi connectivity index (χ2n) is 14.4. The van der Waals surface area contributed by atoms with E-state index >= 15 is 0 Å². The van der Waals surface area contributed by atoms with Crippen LogP contribution in [-0.4, -0.2) is 67.2 Å². The summed E-state index contributed by atoms with van der Waals surface area (Å²) in [6, 6.07) is 13.1. The number of amides is 4. The lowest BCUT2D eigenvalue weighted by molar-refractivity contribution is -0.143. The standard InChI is InChI=1S/C38H48N5O9P/c1-24-8-13-32-28(18-24)14-17-43(32)22-26-6-5-7-29(27-11-9-25(10-12-27)23-53(50,51)52)30(19-34(45)46)35(47)42-38(15-3-2-4-16-38)37(49)41-31(20-33(39)44)36(48)40-21-26/h5,7-14,17-18,26,29-31H,2-4,6,15-16,19-23H2,1H3,(H2,39,44)(H,40,48)(H,41,49)(H,42,47)(H,45,46)(H2,50,51,52)/t26-,29-,30+,31+/m1/s1. The van der Waals surface area contributed by atoms with Crippen molar-refractivity contribution < 1.29 is 43.4 Å². The van der Waals surface area contributed by atoms with Crippen molar-refractivity contribution in [1.82, 2.24) is 20.5 Å². The highest BCUT2D eigenvalue weighted by atomic mass is 31.2. The van der Waals surface area contributed by atoms with E-state index in [2.05, 4.69) is 26.6 Å². The van der Waals surface area contributed by atoms with Crippen LogP contribution in [-0.2, 0) is 41.2 Å². The van der Waals surface area contributed by atoms with Gasteiger partial charge in [0.05, 0.1) is 24.9 Å². The molecule has 0 unspecified atom stereocenters. The van der Waals surface area contributed by atoms with Crippen molar-refractivity contribution in [1.29, 1.82) is 0 Å². The van der Waals surface area contributed by atoms with E-state index in [4.69, 9.17) is 5.73 Å². The number of carboxylic acids is 1. The van der Waals surface area contributed by atoms with Crippen LogP contribution in [0.4, 0.5) is 0 Å². The zero-order chi connectivity index (χ0) is 38.3. The number of rotatable bonds is 9. The Morgan fingerprint density at radius 2 is 1.70 bits per heavy atom. The predicted molar refractivity (Wildman–Crippen MR) is 197 cm³/mol. The number of hydrogen-bond acceptors (Lipinski definition) is 6. The fourth-order valence-corrected chi connectivity index (χ4v) is 8.18. The average Bonchev–Trinajstić information content (AvgIpc) is 3.48. The molecule has 15 heteroatoms. The van der Waals surface area contributed by atoms with E-state index in [1.54, 1.807) is 30.3 Å². The van der Waals surface area contributed by atoms with Gasteiger partial charge in [0, 0.05) is 30.7 Å². The van der Waals surface area contributed by atoms with Gasteiger partial charge >= 0.3 is 13.6 Å². The minimum Gasteiger partial charge on any atom is -0.481 e. The number of carbonyl (C=O) groups excluding carboxylic acids is 4. The summed E-state index contributed by atoms with van der Waals surface area (Å²) in [5, 5.41) is 19.6. The topological polar surface area (TPSA) is 230 Å². The van der Waals surface area contributed by atoms with Crippen LogP contribution in [0.1, 0.15) is 74.0 Å².